The van der Waals surface area contributed by atoms with E-state index in [9.17, 15) is 15.0 Å². The number of cyclic esters (lactones) is 1. The van der Waals surface area contributed by atoms with Crippen LogP contribution in [-0.2, 0) is 9.53 Å². The van der Waals surface area contributed by atoms with Gasteiger partial charge < -0.3 is 14.9 Å². The molecule has 4 heteroatoms. The zero-order chi connectivity index (χ0) is 13.6. The Balaban J connectivity index is 1.96. The predicted molar refractivity (Wildman–Crippen MR) is 67.0 cm³/mol. The summed E-state index contributed by atoms with van der Waals surface area (Å²) in [7, 11) is 0. The number of ether oxygens (including phenoxy) is 1. The molecule has 19 heavy (non-hydrogen) atoms. The molecule has 1 heterocycles. The molecule has 6 atom stereocenters. The number of hydrogen-bond donors (Lipinski definition) is 2. The van der Waals surface area contributed by atoms with Crippen molar-refractivity contribution < 1.29 is 19.7 Å². The van der Waals surface area contributed by atoms with Crippen molar-refractivity contribution in [3.63, 3.8) is 0 Å². The van der Waals surface area contributed by atoms with Crippen molar-refractivity contribution in [2.75, 3.05) is 6.61 Å². The monoisotopic (exact) mass is 264 g/mol. The molecule has 1 spiro atoms. The highest BCUT2D eigenvalue weighted by atomic mass is 16.5. The van der Waals surface area contributed by atoms with Gasteiger partial charge in [0.15, 0.2) is 0 Å². The van der Waals surface area contributed by atoms with E-state index in [-0.39, 0.29) is 35.2 Å². The van der Waals surface area contributed by atoms with Crippen LogP contribution in [0, 0.1) is 28.6 Å². The Bertz CT molecular complexity index is 494. The summed E-state index contributed by atoms with van der Waals surface area (Å²) in [4.78, 5) is 12.1. The van der Waals surface area contributed by atoms with Gasteiger partial charge in [-0.05, 0) is 24.2 Å². The highest BCUT2D eigenvalue weighted by Crippen LogP contribution is 2.72. The van der Waals surface area contributed by atoms with Gasteiger partial charge in [-0.15, -0.1) is 0 Å². The number of aliphatic hydroxyl groups is 2. The van der Waals surface area contributed by atoms with Gasteiger partial charge in [-0.3, -0.25) is 0 Å². The van der Waals surface area contributed by atoms with E-state index in [1.165, 1.54) is 0 Å². The molecule has 1 aliphatic heterocycles. The molecule has 0 radical (unpaired) electrons. The molecular formula is C15H20O4. The van der Waals surface area contributed by atoms with E-state index in [1.807, 2.05) is 6.08 Å². The second-order valence-electron chi connectivity index (χ2n) is 7.28. The van der Waals surface area contributed by atoms with E-state index in [4.69, 9.17) is 4.74 Å². The number of rotatable bonds is 0. The van der Waals surface area contributed by atoms with Crippen LogP contribution in [0.2, 0.25) is 0 Å². The molecule has 0 aromatic heterocycles. The first-order valence-electron chi connectivity index (χ1n) is 7.14. The molecule has 0 amide bonds. The van der Waals surface area contributed by atoms with E-state index < -0.39 is 12.2 Å². The highest BCUT2D eigenvalue weighted by Gasteiger charge is 2.74. The molecule has 104 valence electrons. The summed E-state index contributed by atoms with van der Waals surface area (Å²) < 4.78 is 5.23. The lowest BCUT2D eigenvalue weighted by atomic mass is 9.63. The van der Waals surface area contributed by atoms with Crippen molar-refractivity contribution in [2.24, 2.45) is 28.6 Å². The maximum absolute atomic E-state index is 12.1. The van der Waals surface area contributed by atoms with Gasteiger partial charge in [0.1, 0.15) is 0 Å². The van der Waals surface area contributed by atoms with Gasteiger partial charge in [-0.1, -0.05) is 19.9 Å². The quantitative estimate of drug-likeness (QED) is 0.637. The standard InChI is InChI=1S/C15H20O4/c1-14(2)7-3-4-8-13(18)19-6-9-10(16)11(17)12(14)15(8,9)5-7/h4,7,9-12,16-17H,3,5-6H2,1-2H3. The maximum Gasteiger partial charge on any atom is 0.334 e. The second-order valence-corrected chi connectivity index (χ2v) is 7.28. The van der Waals surface area contributed by atoms with E-state index in [0.717, 1.165) is 18.4 Å². The average molecular weight is 264 g/mol. The first-order valence-corrected chi connectivity index (χ1v) is 7.14. The molecule has 2 N–H and O–H groups in total. The first kappa shape index (κ1) is 11.9. The molecule has 4 nitrogen and oxygen atoms in total. The van der Waals surface area contributed by atoms with Gasteiger partial charge in [-0.2, -0.15) is 0 Å². The third kappa shape index (κ3) is 1.08. The first-order chi connectivity index (χ1) is 8.90. The molecule has 3 aliphatic carbocycles. The largest absolute Gasteiger partial charge is 0.462 e. The molecule has 0 aromatic rings. The Morgan fingerprint density at radius 2 is 2.05 bits per heavy atom. The molecule has 4 rings (SSSR count). The van der Waals surface area contributed by atoms with Crippen molar-refractivity contribution in [3.05, 3.63) is 11.6 Å². The van der Waals surface area contributed by atoms with Crippen molar-refractivity contribution in [1.29, 1.82) is 0 Å². The normalized spacial score (nSPS) is 53.6. The number of hydrogen-bond acceptors (Lipinski definition) is 4. The zero-order valence-electron chi connectivity index (χ0n) is 11.3. The minimum atomic E-state index is -0.778. The van der Waals surface area contributed by atoms with Crippen LogP contribution < -0.4 is 0 Å². The number of allylic oxidation sites excluding steroid dienone is 1. The summed E-state index contributed by atoms with van der Waals surface area (Å²) >= 11 is 0. The number of aliphatic hydroxyl groups excluding tert-OH is 2. The van der Waals surface area contributed by atoms with Crippen LogP contribution in [0.25, 0.3) is 0 Å². The molecule has 0 aromatic carbocycles. The van der Waals surface area contributed by atoms with Crippen LogP contribution in [0.5, 0.6) is 0 Å². The summed E-state index contributed by atoms with van der Waals surface area (Å²) in [5.74, 6) is 0.0723. The van der Waals surface area contributed by atoms with Crippen LogP contribution in [0.15, 0.2) is 11.6 Å². The minimum Gasteiger partial charge on any atom is -0.462 e. The summed E-state index contributed by atoms with van der Waals surface area (Å²) in [6, 6.07) is 0. The van der Waals surface area contributed by atoms with Crippen LogP contribution in [0.4, 0.5) is 0 Å². The van der Waals surface area contributed by atoms with Crippen molar-refractivity contribution >= 4 is 5.97 Å². The van der Waals surface area contributed by atoms with Gasteiger partial charge in [0.05, 0.1) is 18.8 Å². The second kappa shape index (κ2) is 3.23. The minimum absolute atomic E-state index is 0.0356. The Morgan fingerprint density at radius 1 is 1.32 bits per heavy atom. The Hall–Kier alpha value is -0.870. The highest BCUT2D eigenvalue weighted by molar-refractivity contribution is 5.92. The van der Waals surface area contributed by atoms with Gasteiger partial charge in [0, 0.05) is 22.8 Å². The Labute approximate surface area is 112 Å². The van der Waals surface area contributed by atoms with E-state index >= 15 is 0 Å². The number of fused-ring (bicyclic) bond motifs is 1. The summed E-state index contributed by atoms with van der Waals surface area (Å²) in [5, 5.41) is 20.9. The lowest BCUT2D eigenvalue weighted by molar-refractivity contribution is -0.151. The van der Waals surface area contributed by atoms with Crippen LogP contribution >= 0.6 is 0 Å². The molecular weight excluding hydrogens is 244 g/mol. The van der Waals surface area contributed by atoms with Crippen molar-refractivity contribution in [1.82, 2.24) is 0 Å². The predicted octanol–water partition coefficient (Wildman–Crippen LogP) is 0.874. The van der Waals surface area contributed by atoms with E-state index in [1.54, 1.807) is 0 Å². The van der Waals surface area contributed by atoms with Gasteiger partial charge in [0.2, 0.25) is 0 Å². The fourth-order valence-corrected chi connectivity index (χ4v) is 5.66. The smallest absolute Gasteiger partial charge is 0.334 e. The molecule has 3 fully saturated rings. The number of carbonyl (C=O) groups is 1. The van der Waals surface area contributed by atoms with Crippen molar-refractivity contribution in [2.45, 2.75) is 38.9 Å². The Morgan fingerprint density at radius 3 is 2.79 bits per heavy atom. The molecule has 2 saturated carbocycles. The van der Waals surface area contributed by atoms with Crippen LogP contribution in [-0.4, -0.2) is 35.0 Å². The van der Waals surface area contributed by atoms with E-state index in [2.05, 4.69) is 13.8 Å². The fourth-order valence-electron chi connectivity index (χ4n) is 5.66. The number of carbonyl (C=O) groups excluding carboxylic acids is 1. The van der Waals surface area contributed by atoms with Crippen molar-refractivity contribution in [3.8, 4) is 0 Å². The van der Waals surface area contributed by atoms with Gasteiger partial charge in [0.25, 0.3) is 0 Å². The molecule has 4 aliphatic rings. The average Bonchev–Trinajstić information content (AvgIpc) is 2.66. The molecule has 6 unspecified atom stereocenters. The van der Waals surface area contributed by atoms with Crippen LogP contribution in [0.1, 0.15) is 26.7 Å². The summed E-state index contributed by atoms with van der Waals surface area (Å²) in [6.07, 6.45) is 2.27. The number of esters is 1. The Kier molecular flexibility index (Phi) is 2.03. The fraction of sp³-hybridized carbons (Fsp3) is 0.800. The summed E-state index contributed by atoms with van der Waals surface area (Å²) in [5.41, 5.74) is 0.331. The van der Waals surface area contributed by atoms with Crippen LogP contribution in [0.3, 0.4) is 0 Å². The lowest BCUT2D eigenvalue weighted by Crippen LogP contribution is -2.45. The van der Waals surface area contributed by atoms with Gasteiger partial charge >= 0.3 is 5.97 Å². The third-order valence-corrected chi connectivity index (χ3v) is 6.48. The van der Waals surface area contributed by atoms with Gasteiger partial charge in [-0.25, -0.2) is 4.79 Å². The zero-order valence-corrected chi connectivity index (χ0v) is 11.3. The third-order valence-electron chi connectivity index (χ3n) is 6.48. The summed E-state index contributed by atoms with van der Waals surface area (Å²) in [6.45, 7) is 4.59. The lowest BCUT2D eigenvalue weighted by Gasteiger charge is -2.43. The molecule has 2 bridgehead atoms. The maximum atomic E-state index is 12.1. The topological polar surface area (TPSA) is 66.8 Å². The SMILES string of the molecule is CC1(C)C2CC=C3C(=O)OCC4C(O)C(O)C1C34C2. The van der Waals surface area contributed by atoms with E-state index in [0.29, 0.717) is 5.92 Å². The molecule has 1 saturated heterocycles.